The van der Waals surface area contributed by atoms with Crippen LogP contribution in [-0.2, 0) is 27.0 Å². The first-order valence-corrected chi connectivity index (χ1v) is 20.1. The first kappa shape index (κ1) is 39.8. The van der Waals surface area contributed by atoms with E-state index in [4.69, 9.17) is 9.72 Å². The lowest BCUT2D eigenvalue weighted by Crippen LogP contribution is -2.51. The van der Waals surface area contributed by atoms with Gasteiger partial charge in [-0.25, -0.2) is 14.8 Å². The van der Waals surface area contributed by atoms with Crippen LogP contribution in [0.15, 0.2) is 79.3 Å². The van der Waals surface area contributed by atoms with Gasteiger partial charge in [0.1, 0.15) is 23.4 Å². The van der Waals surface area contributed by atoms with Crippen LogP contribution in [0.25, 0.3) is 33.6 Å². The minimum Gasteiger partial charge on any atom is -0.453 e. The van der Waals surface area contributed by atoms with Crippen molar-refractivity contribution in [1.29, 1.82) is 0 Å². The fraction of sp³-hybridized carbons (Fsp3) is 0.409. The fourth-order valence-corrected chi connectivity index (χ4v) is 9.38. The highest BCUT2D eigenvalue weighted by molar-refractivity contribution is 5.86. The molecule has 1 aliphatic heterocycles. The summed E-state index contributed by atoms with van der Waals surface area (Å²) in [4.78, 5) is 60.7. The van der Waals surface area contributed by atoms with E-state index in [1.54, 1.807) is 17.3 Å². The smallest absolute Gasteiger partial charge is 0.433 e. The zero-order valence-electron chi connectivity index (χ0n) is 33.1. The van der Waals surface area contributed by atoms with Crippen molar-refractivity contribution in [1.82, 2.24) is 40.5 Å². The van der Waals surface area contributed by atoms with Crippen molar-refractivity contribution in [3.8, 4) is 33.6 Å². The Bertz CT molecular complexity index is 2310. The molecule has 3 aliphatic rings. The molecule has 8 rings (SSSR count). The van der Waals surface area contributed by atoms with Crippen molar-refractivity contribution >= 4 is 17.9 Å². The van der Waals surface area contributed by atoms with Crippen LogP contribution in [0, 0.1) is 23.7 Å². The Balaban J connectivity index is 0.917. The Labute approximate surface area is 339 Å². The van der Waals surface area contributed by atoms with Crippen molar-refractivity contribution in [2.75, 3.05) is 13.7 Å². The van der Waals surface area contributed by atoms with Gasteiger partial charge in [-0.3, -0.25) is 14.6 Å². The average molecular weight is 809 g/mol. The molecule has 5 aromatic rings. The number of alkyl halides is 3. The number of hydrogen-bond donors (Lipinski definition) is 4. The van der Waals surface area contributed by atoms with Crippen molar-refractivity contribution in [3.05, 3.63) is 102 Å². The molecule has 4 N–H and O–H groups in total. The number of nitrogens with zero attached hydrogens (tertiary/aromatic N) is 4. The van der Waals surface area contributed by atoms with Gasteiger partial charge in [0.25, 0.3) is 0 Å². The van der Waals surface area contributed by atoms with E-state index in [1.807, 2.05) is 50.2 Å². The number of amides is 3. The predicted octanol–water partition coefficient (Wildman–Crippen LogP) is 8.04. The molecular formula is C44H47F3N8O4. The number of aromatic nitrogens is 5. The number of alkyl carbamates (subject to hydrolysis) is 1. The molecule has 0 radical (unpaired) electrons. The number of pyridine rings is 1. The topological polar surface area (TPSA) is 158 Å². The van der Waals surface area contributed by atoms with Gasteiger partial charge in [0.05, 0.1) is 42.9 Å². The lowest BCUT2D eigenvalue weighted by atomic mass is 9.78. The van der Waals surface area contributed by atoms with Crippen LogP contribution in [0.1, 0.15) is 80.8 Å². The number of imidazole rings is 2. The zero-order valence-corrected chi connectivity index (χ0v) is 33.1. The number of H-pyrrole nitrogens is 2. The number of likely N-dealkylation sites (tertiary alicyclic amines) is 1. The lowest BCUT2D eigenvalue weighted by Gasteiger charge is -2.30. The van der Waals surface area contributed by atoms with Gasteiger partial charge in [-0.1, -0.05) is 68.4 Å². The quantitative estimate of drug-likeness (QED) is 0.105. The van der Waals surface area contributed by atoms with E-state index in [0.717, 1.165) is 77.8 Å². The van der Waals surface area contributed by atoms with Gasteiger partial charge in [0.2, 0.25) is 11.8 Å². The molecule has 1 saturated heterocycles. The first-order valence-electron chi connectivity index (χ1n) is 20.1. The maximum absolute atomic E-state index is 13.6. The number of fused-ring (bicyclic) bond motifs is 2. The molecule has 15 heteroatoms. The van der Waals surface area contributed by atoms with Gasteiger partial charge in [-0.2, -0.15) is 13.2 Å². The molecule has 2 aliphatic carbocycles. The maximum Gasteiger partial charge on any atom is 0.433 e. The number of halogens is 3. The second kappa shape index (κ2) is 16.3. The molecular weight excluding hydrogens is 762 g/mol. The molecule has 2 saturated carbocycles. The standard InChI is InChI=1S/C44H47F3N8O4/c1-24(2)37(54-43(58)59-3)42(57)55-19-5-7-34(55)39-49-22-32(52-39)27-12-8-25(9-13-27)26-10-14-28(15-11-26)33-23-50-40(53-33)35-29-16-17-30(20-29)36(35)41(56)51-21-31-6-4-18-48-38(31)44(45,46)47/h4,6,8-15,18,22-24,29-30,34-37H,5,7,16-17,19-21H2,1-3H3,(H,49,52)(H,50,53)(H,51,56)(H,54,58)/t29?,30?,34-,35+,36+,37-/m0/s1. The maximum atomic E-state index is 13.6. The van der Waals surface area contributed by atoms with Gasteiger partial charge in [-0.05, 0) is 78.2 Å². The third-order valence-electron chi connectivity index (χ3n) is 12.3. The van der Waals surface area contributed by atoms with E-state index in [2.05, 4.69) is 42.7 Å². The zero-order chi connectivity index (χ0) is 41.4. The minimum absolute atomic E-state index is 0.0600. The number of carbonyl (C=O) groups is 3. The highest BCUT2D eigenvalue weighted by Crippen LogP contribution is 2.56. The van der Waals surface area contributed by atoms with Crippen LogP contribution < -0.4 is 10.6 Å². The number of aromatic amines is 2. The Morgan fingerprint density at radius 2 is 1.46 bits per heavy atom. The van der Waals surface area contributed by atoms with Crippen LogP contribution in [0.2, 0.25) is 0 Å². The molecule has 59 heavy (non-hydrogen) atoms. The van der Waals surface area contributed by atoms with Crippen molar-refractivity contribution in [2.45, 2.75) is 76.7 Å². The van der Waals surface area contributed by atoms with E-state index in [9.17, 15) is 27.6 Å². The van der Waals surface area contributed by atoms with Gasteiger partial charge < -0.3 is 30.2 Å². The van der Waals surface area contributed by atoms with Crippen LogP contribution >= 0.6 is 0 Å². The Morgan fingerprint density at radius 1 is 0.847 bits per heavy atom. The lowest BCUT2D eigenvalue weighted by molar-refractivity contribution is -0.142. The van der Waals surface area contributed by atoms with E-state index in [-0.39, 0.29) is 59.6 Å². The Kier molecular flexibility index (Phi) is 11.0. The number of nitrogens with one attached hydrogen (secondary N) is 4. The normalized spacial score (nSPS) is 21.8. The van der Waals surface area contributed by atoms with Crippen LogP contribution in [0.3, 0.4) is 0 Å². The molecule has 3 amide bonds. The number of ether oxygens (including phenoxy) is 1. The average Bonchev–Trinajstić information content (AvgIpc) is 4.10. The summed E-state index contributed by atoms with van der Waals surface area (Å²) in [5, 5.41) is 5.47. The van der Waals surface area contributed by atoms with Crippen molar-refractivity contribution in [3.63, 3.8) is 0 Å². The molecule has 2 bridgehead atoms. The van der Waals surface area contributed by atoms with Crippen molar-refractivity contribution < 1.29 is 32.3 Å². The van der Waals surface area contributed by atoms with E-state index in [1.165, 1.54) is 19.2 Å². The molecule has 0 spiro atoms. The third kappa shape index (κ3) is 8.06. The monoisotopic (exact) mass is 808 g/mol. The number of rotatable bonds is 11. The molecule has 2 unspecified atom stereocenters. The number of methoxy groups -OCH3 is 1. The van der Waals surface area contributed by atoms with Gasteiger partial charge >= 0.3 is 12.3 Å². The molecule has 4 heterocycles. The Hall–Kier alpha value is -5.99. The summed E-state index contributed by atoms with van der Waals surface area (Å²) < 4.78 is 45.3. The minimum atomic E-state index is -4.61. The SMILES string of the molecule is COC(=O)N[C@H](C(=O)N1CCC[C@H]1c1ncc(-c2ccc(-c3ccc(-c4cnc([C@@H]5C6CCC(C6)[C@H]5C(=O)NCc5cccnc5C(F)(F)F)[nH]4)cc3)cc2)[nH]1)C(C)C. The molecule has 2 aromatic carbocycles. The summed E-state index contributed by atoms with van der Waals surface area (Å²) in [6.45, 7) is 4.11. The molecule has 12 nitrogen and oxygen atoms in total. The summed E-state index contributed by atoms with van der Waals surface area (Å²) in [6.07, 6.45) is 3.83. The number of benzene rings is 2. The summed E-state index contributed by atoms with van der Waals surface area (Å²) in [5.41, 5.74) is 4.56. The highest BCUT2D eigenvalue weighted by Gasteiger charge is 2.52. The van der Waals surface area contributed by atoms with E-state index < -0.39 is 24.0 Å². The van der Waals surface area contributed by atoms with Gasteiger partial charge in [-0.15, -0.1) is 0 Å². The van der Waals surface area contributed by atoms with E-state index >= 15 is 0 Å². The van der Waals surface area contributed by atoms with Crippen molar-refractivity contribution in [2.24, 2.45) is 23.7 Å². The summed E-state index contributed by atoms with van der Waals surface area (Å²) in [6, 6.07) is 18.2. The number of carbonyl (C=O) groups excluding carboxylic acids is 3. The fourth-order valence-electron chi connectivity index (χ4n) is 9.38. The highest BCUT2D eigenvalue weighted by atomic mass is 19.4. The summed E-state index contributed by atoms with van der Waals surface area (Å²) in [7, 11) is 1.28. The molecule has 6 atom stereocenters. The largest absolute Gasteiger partial charge is 0.453 e. The van der Waals surface area contributed by atoms with Crippen LogP contribution in [-0.4, -0.2) is 67.4 Å². The third-order valence-corrected chi connectivity index (χ3v) is 12.3. The second-order valence-electron chi connectivity index (χ2n) is 16.2. The molecule has 308 valence electrons. The summed E-state index contributed by atoms with van der Waals surface area (Å²) >= 11 is 0. The van der Waals surface area contributed by atoms with E-state index in [0.29, 0.717) is 12.4 Å². The van der Waals surface area contributed by atoms with Gasteiger partial charge in [0.15, 0.2) is 0 Å². The predicted molar refractivity (Wildman–Crippen MR) is 213 cm³/mol. The number of hydrogen-bond acceptors (Lipinski definition) is 7. The van der Waals surface area contributed by atoms with Gasteiger partial charge in [0, 0.05) is 30.8 Å². The Morgan fingerprint density at radius 3 is 2.08 bits per heavy atom. The first-order chi connectivity index (χ1) is 28.4. The molecule has 3 fully saturated rings. The van der Waals surface area contributed by atoms with Crippen LogP contribution in [0.5, 0.6) is 0 Å². The second-order valence-corrected chi connectivity index (χ2v) is 16.2. The summed E-state index contributed by atoms with van der Waals surface area (Å²) in [5.74, 6) is 0.822. The van der Waals surface area contributed by atoms with Crippen LogP contribution in [0.4, 0.5) is 18.0 Å². The molecule has 3 aromatic heterocycles.